The van der Waals surface area contributed by atoms with Gasteiger partial charge in [0.15, 0.2) is 0 Å². The van der Waals surface area contributed by atoms with Crippen LogP contribution in [0.4, 0.5) is 4.39 Å². The zero-order valence-electron chi connectivity index (χ0n) is 11.0. The molecule has 0 fully saturated rings. The molecule has 0 aromatic heterocycles. The molecule has 102 valence electrons. The molecule has 1 aromatic rings. The number of ether oxygens (including phenoxy) is 1. The summed E-state index contributed by atoms with van der Waals surface area (Å²) in [5, 5.41) is 10.5. The van der Waals surface area contributed by atoms with Gasteiger partial charge in [0.05, 0.1) is 12.2 Å². The van der Waals surface area contributed by atoms with Crippen LogP contribution in [0.2, 0.25) is 5.02 Å². The molecule has 0 aliphatic carbocycles. The van der Waals surface area contributed by atoms with E-state index in [0.29, 0.717) is 18.1 Å². The second-order valence-electron chi connectivity index (χ2n) is 4.67. The summed E-state index contributed by atoms with van der Waals surface area (Å²) in [7, 11) is 0. The van der Waals surface area contributed by atoms with Gasteiger partial charge in [-0.3, -0.25) is 0 Å². The van der Waals surface area contributed by atoms with Gasteiger partial charge in [-0.2, -0.15) is 0 Å². The predicted octanol–water partition coefficient (Wildman–Crippen LogP) is 3.44. The van der Waals surface area contributed by atoms with E-state index in [2.05, 4.69) is 0 Å². The third-order valence-electron chi connectivity index (χ3n) is 2.84. The van der Waals surface area contributed by atoms with Crippen LogP contribution in [-0.4, -0.2) is 23.9 Å². The molecule has 0 spiro atoms. The zero-order chi connectivity index (χ0) is 13.7. The lowest BCUT2D eigenvalue weighted by Crippen LogP contribution is -2.35. The minimum atomic E-state index is -0.645. The van der Waals surface area contributed by atoms with Crippen molar-refractivity contribution in [3.63, 3.8) is 0 Å². The van der Waals surface area contributed by atoms with E-state index in [-0.39, 0.29) is 17.8 Å². The monoisotopic (exact) mass is 274 g/mol. The van der Waals surface area contributed by atoms with E-state index < -0.39 is 6.10 Å². The molecule has 0 aliphatic heterocycles. The lowest BCUT2D eigenvalue weighted by atomic mass is 9.96. The normalized spacial score (nSPS) is 14.8. The number of aliphatic hydroxyl groups excluding tert-OH is 1. The van der Waals surface area contributed by atoms with Gasteiger partial charge in [-0.25, -0.2) is 4.39 Å². The van der Waals surface area contributed by atoms with E-state index in [9.17, 15) is 9.50 Å². The van der Waals surface area contributed by atoms with Crippen LogP contribution < -0.4 is 0 Å². The number of benzene rings is 1. The van der Waals surface area contributed by atoms with Crippen LogP contribution in [0.1, 0.15) is 26.3 Å². The maximum absolute atomic E-state index is 12.9. The van der Waals surface area contributed by atoms with Gasteiger partial charge in [0, 0.05) is 18.1 Å². The average molecular weight is 275 g/mol. The Kier molecular flexibility index (Phi) is 6.06. The standard InChI is InChI=1S/C14H20ClFO2/c1-4-18-14(9(2)3)13(17)7-10-5-6-11(16)8-12(10)15/h5-6,8-9,13-14,17H,4,7H2,1-3H3. The number of rotatable bonds is 6. The Bertz CT molecular complexity index is 382. The molecule has 0 saturated heterocycles. The first-order chi connectivity index (χ1) is 8.45. The molecule has 1 N–H and O–H groups in total. The van der Waals surface area contributed by atoms with E-state index in [1.165, 1.54) is 12.1 Å². The maximum atomic E-state index is 12.9. The van der Waals surface area contributed by atoms with E-state index in [4.69, 9.17) is 16.3 Å². The fourth-order valence-electron chi connectivity index (χ4n) is 1.97. The van der Waals surface area contributed by atoms with Crippen molar-refractivity contribution in [1.29, 1.82) is 0 Å². The summed E-state index contributed by atoms with van der Waals surface area (Å²) in [4.78, 5) is 0. The van der Waals surface area contributed by atoms with Crippen molar-refractivity contribution in [2.45, 2.75) is 39.4 Å². The van der Waals surface area contributed by atoms with Crippen molar-refractivity contribution < 1.29 is 14.2 Å². The molecule has 4 heteroatoms. The first-order valence-corrected chi connectivity index (χ1v) is 6.57. The maximum Gasteiger partial charge on any atom is 0.124 e. The van der Waals surface area contributed by atoms with Gasteiger partial charge in [0.1, 0.15) is 5.82 Å². The van der Waals surface area contributed by atoms with Crippen molar-refractivity contribution in [3.8, 4) is 0 Å². The smallest absolute Gasteiger partial charge is 0.124 e. The van der Waals surface area contributed by atoms with E-state index in [1.807, 2.05) is 20.8 Å². The topological polar surface area (TPSA) is 29.5 Å². The summed E-state index contributed by atoms with van der Waals surface area (Å²) in [6.07, 6.45) is -0.522. The van der Waals surface area contributed by atoms with E-state index in [1.54, 1.807) is 6.07 Å². The largest absolute Gasteiger partial charge is 0.390 e. The third kappa shape index (κ3) is 4.23. The summed E-state index contributed by atoms with van der Waals surface area (Å²) in [5.41, 5.74) is 0.732. The molecule has 0 saturated carbocycles. The first kappa shape index (κ1) is 15.4. The van der Waals surface area contributed by atoms with Crippen LogP contribution >= 0.6 is 11.6 Å². The van der Waals surface area contributed by atoms with Crippen molar-refractivity contribution >= 4 is 11.6 Å². The minimum Gasteiger partial charge on any atom is -0.390 e. The minimum absolute atomic E-state index is 0.208. The van der Waals surface area contributed by atoms with E-state index in [0.717, 1.165) is 5.56 Å². The first-order valence-electron chi connectivity index (χ1n) is 6.19. The summed E-state index contributed by atoms with van der Waals surface area (Å²) in [6, 6.07) is 4.21. The lowest BCUT2D eigenvalue weighted by molar-refractivity contribution is -0.0562. The Morgan fingerprint density at radius 1 is 1.39 bits per heavy atom. The number of hydrogen-bond donors (Lipinski definition) is 1. The van der Waals surface area contributed by atoms with Crippen molar-refractivity contribution in [2.75, 3.05) is 6.61 Å². The molecule has 2 nitrogen and oxygen atoms in total. The van der Waals surface area contributed by atoms with E-state index >= 15 is 0 Å². The van der Waals surface area contributed by atoms with Crippen LogP contribution in [-0.2, 0) is 11.2 Å². The Morgan fingerprint density at radius 3 is 2.56 bits per heavy atom. The molecule has 2 unspecified atom stereocenters. The Balaban J connectivity index is 2.75. The van der Waals surface area contributed by atoms with Gasteiger partial charge < -0.3 is 9.84 Å². The highest BCUT2D eigenvalue weighted by Gasteiger charge is 2.23. The average Bonchev–Trinajstić information content (AvgIpc) is 2.29. The Hall–Kier alpha value is -0.640. The van der Waals surface area contributed by atoms with Crippen LogP contribution in [0.15, 0.2) is 18.2 Å². The molecule has 2 atom stereocenters. The highest BCUT2D eigenvalue weighted by atomic mass is 35.5. The highest BCUT2D eigenvalue weighted by Crippen LogP contribution is 2.22. The number of hydrogen-bond acceptors (Lipinski definition) is 2. The van der Waals surface area contributed by atoms with Crippen molar-refractivity contribution in [2.24, 2.45) is 5.92 Å². The predicted molar refractivity (Wildman–Crippen MR) is 71.4 cm³/mol. The molecular weight excluding hydrogens is 255 g/mol. The van der Waals surface area contributed by atoms with Crippen LogP contribution in [0.25, 0.3) is 0 Å². The molecule has 0 radical (unpaired) electrons. The number of halogens is 2. The van der Waals surface area contributed by atoms with Gasteiger partial charge >= 0.3 is 0 Å². The second-order valence-corrected chi connectivity index (χ2v) is 5.08. The van der Waals surface area contributed by atoms with Gasteiger partial charge in [0.2, 0.25) is 0 Å². The summed E-state index contributed by atoms with van der Waals surface area (Å²) in [5.74, 6) is -0.164. The quantitative estimate of drug-likeness (QED) is 0.861. The van der Waals surface area contributed by atoms with Gasteiger partial charge in [-0.05, 0) is 30.5 Å². The molecule has 0 amide bonds. The van der Waals surface area contributed by atoms with Crippen LogP contribution in [0, 0.1) is 11.7 Å². The summed E-state index contributed by atoms with van der Waals surface area (Å²) >= 11 is 5.94. The van der Waals surface area contributed by atoms with Crippen molar-refractivity contribution in [3.05, 3.63) is 34.6 Å². The summed E-state index contributed by atoms with van der Waals surface area (Å²) < 4.78 is 18.5. The highest BCUT2D eigenvalue weighted by molar-refractivity contribution is 6.31. The van der Waals surface area contributed by atoms with Crippen molar-refractivity contribution in [1.82, 2.24) is 0 Å². The SMILES string of the molecule is CCOC(C(C)C)C(O)Cc1ccc(F)cc1Cl. The molecule has 0 aliphatic rings. The molecular formula is C14H20ClFO2. The fraction of sp³-hybridized carbons (Fsp3) is 0.571. The third-order valence-corrected chi connectivity index (χ3v) is 3.19. The van der Waals surface area contributed by atoms with Gasteiger partial charge in [-0.1, -0.05) is 31.5 Å². The molecule has 0 bridgehead atoms. The van der Waals surface area contributed by atoms with Crippen LogP contribution in [0.5, 0.6) is 0 Å². The number of aliphatic hydroxyl groups is 1. The van der Waals surface area contributed by atoms with Gasteiger partial charge in [-0.15, -0.1) is 0 Å². The molecule has 1 aromatic carbocycles. The second kappa shape index (κ2) is 7.07. The fourth-order valence-corrected chi connectivity index (χ4v) is 2.21. The van der Waals surface area contributed by atoms with Gasteiger partial charge in [0.25, 0.3) is 0 Å². The molecule has 1 rings (SSSR count). The molecule has 0 heterocycles. The zero-order valence-corrected chi connectivity index (χ0v) is 11.7. The molecule has 18 heavy (non-hydrogen) atoms. The summed E-state index contributed by atoms with van der Waals surface area (Å²) in [6.45, 7) is 6.44. The Labute approximate surface area is 113 Å². The Morgan fingerprint density at radius 2 is 2.06 bits per heavy atom. The van der Waals surface area contributed by atoms with Crippen LogP contribution in [0.3, 0.4) is 0 Å². The lowest BCUT2D eigenvalue weighted by Gasteiger charge is -2.26.